The second-order valence-corrected chi connectivity index (χ2v) is 9.89. The number of thiophene rings is 1. The minimum Gasteiger partial charge on any atom is -0.495 e. The molecule has 156 valence electrons. The summed E-state index contributed by atoms with van der Waals surface area (Å²) in [7, 11) is -1.98. The fourth-order valence-electron chi connectivity index (χ4n) is 3.51. The van der Waals surface area contributed by atoms with E-state index in [1.165, 1.54) is 7.11 Å². The van der Waals surface area contributed by atoms with Gasteiger partial charge < -0.3 is 15.0 Å². The number of nitrogens with one attached hydrogen (secondary N) is 2. The van der Waals surface area contributed by atoms with E-state index in [-0.39, 0.29) is 12.1 Å². The topological polar surface area (TPSA) is 83.6 Å². The van der Waals surface area contributed by atoms with Crippen molar-refractivity contribution in [1.29, 1.82) is 0 Å². The first-order chi connectivity index (χ1) is 14.4. The van der Waals surface area contributed by atoms with E-state index in [0.29, 0.717) is 16.5 Å². The summed E-state index contributed by atoms with van der Waals surface area (Å²) in [5.74, 6) is 0.427. The first-order valence-corrected chi connectivity index (χ1v) is 12.2. The highest BCUT2D eigenvalue weighted by Gasteiger charge is 2.41. The number of methoxy groups -OCH3 is 1. The molecule has 0 amide bonds. The molecule has 2 N–H and O–H groups in total. The van der Waals surface area contributed by atoms with E-state index >= 15 is 0 Å². The Balaban J connectivity index is 1.80. The number of pyridine rings is 1. The Morgan fingerprint density at radius 2 is 2.07 bits per heavy atom. The highest BCUT2D eigenvalue weighted by molar-refractivity contribution is 7.92. The van der Waals surface area contributed by atoms with Crippen LogP contribution in [0.15, 0.2) is 60.1 Å². The smallest absolute Gasteiger partial charge is 0.229 e. The van der Waals surface area contributed by atoms with Gasteiger partial charge in [-0.2, -0.15) is 0 Å². The van der Waals surface area contributed by atoms with E-state index < -0.39 is 10.0 Å². The molecule has 0 unspecified atom stereocenters. The van der Waals surface area contributed by atoms with Crippen LogP contribution in [0.25, 0.3) is 0 Å². The monoisotopic (exact) mass is 460 g/mol. The van der Waals surface area contributed by atoms with Crippen LogP contribution in [-0.2, 0) is 10.0 Å². The molecule has 3 aromatic rings. The van der Waals surface area contributed by atoms with Crippen molar-refractivity contribution in [3.8, 4) is 5.75 Å². The summed E-state index contributed by atoms with van der Waals surface area (Å²) >= 11 is 7.32. The molecule has 10 heteroatoms. The average Bonchev–Trinajstić information content (AvgIpc) is 3.35. The van der Waals surface area contributed by atoms with Crippen LogP contribution in [0.1, 0.15) is 22.7 Å². The van der Waals surface area contributed by atoms with E-state index in [1.54, 1.807) is 29.7 Å². The lowest BCUT2D eigenvalue weighted by molar-refractivity contribution is 0.417. The molecule has 0 bridgehead atoms. The zero-order valence-electron chi connectivity index (χ0n) is 16.3. The largest absolute Gasteiger partial charge is 0.495 e. The Bertz CT molecular complexity index is 1150. The molecule has 1 fully saturated rings. The second kappa shape index (κ2) is 8.21. The Morgan fingerprint density at radius 3 is 2.70 bits per heavy atom. The third kappa shape index (κ3) is 4.11. The average molecular weight is 461 g/mol. The maximum Gasteiger partial charge on any atom is 0.229 e. The lowest BCUT2D eigenvalue weighted by Crippen LogP contribution is -2.29. The van der Waals surface area contributed by atoms with Gasteiger partial charge in [0.2, 0.25) is 10.0 Å². The highest BCUT2D eigenvalue weighted by Crippen LogP contribution is 2.44. The normalized spacial score (nSPS) is 18.9. The number of thiocarbonyl (C=S) groups is 1. The third-order valence-corrected chi connectivity index (χ3v) is 6.54. The molecule has 0 spiro atoms. The van der Waals surface area contributed by atoms with Gasteiger partial charge in [0.05, 0.1) is 36.8 Å². The van der Waals surface area contributed by atoms with Gasteiger partial charge in [0.25, 0.3) is 0 Å². The number of sulfonamides is 1. The van der Waals surface area contributed by atoms with Crippen molar-refractivity contribution in [3.05, 3.63) is 70.7 Å². The third-order valence-electron chi connectivity index (χ3n) is 4.69. The van der Waals surface area contributed by atoms with Gasteiger partial charge in [-0.25, -0.2) is 8.42 Å². The summed E-state index contributed by atoms with van der Waals surface area (Å²) in [5, 5.41) is 5.95. The quantitative estimate of drug-likeness (QED) is 0.543. The number of aromatic nitrogens is 1. The Kier molecular flexibility index (Phi) is 5.63. The van der Waals surface area contributed by atoms with Crippen molar-refractivity contribution < 1.29 is 13.2 Å². The van der Waals surface area contributed by atoms with E-state index in [2.05, 4.69) is 21.1 Å². The lowest BCUT2D eigenvalue weighted by Gasteiger charge is -2.27. The summed E-state index contributed by atoms with van der Waals surface area (Å²) < 4.78 is 31.5. The van der Waals surface area contributed by atoms with E-state index in [4.69, 9.17) is 17.0 Å². The molecule has 1 aromatic carbocycles. The number of benzene rings is 1. The predicted molar refractivity (Wildman–Crippen MR) is 124 cm³/mol. The Hall–Kier alpha value is -2.69. The predicted octanol–water partition coefficient (Wildman–Crippen LogP) is 3.70. The fraction of sp³-hybridized carbons (Fsp3) is 0.200. The Morgan fingerprint density at radius 1 is 1.23 bits per heavy atom. The second-order valence-electron chi connectivity index (χ2n) is 6.77. The van der Waals surface area contributed by atoms with Gasteiger partial charge >= 0.3 is 0 Å². The number of ether oxygens (including phenoxy) is 1. The van der Waals surface area contributed by atoms with Gasteiger partial charge in [-0.05, 0) is 54.0 Å². The van der Waals surface area contributed by atoms with Crippen LogP contribution < -0.4 is 19.7 Å². The number of hydrogen-bond acceptors (Lipinski definition) is 6. The zero-order valence-corrected chi connectivity index (χ0v) is 18.7. The van der Waals surface area contributed by atoms with Gasteiger partial charge in [0, 0.05) is 16.8 Å². The molecule has 1 aliphatic rings. The van der Waals surface area contributed by atoms with Gasteiger partial charge in [0.1, 0.15) is 5.75 Å². The van der Waals surface area contributed by atoms with Crippen LogP contribution in [0.2, 0.25) is 0 Å². The summed E-state index contributed by atoms with van der Waals surface area (Å²) in [5.41, 5.74) is 1.98. The van der Waals surface area contributed by atoms with Crippen molar-refractivity contribution in [2.45, 2.75) is 12.1 Å². The van der Waals surface area contributed by atoms with Gasteiger partial charge in [-0.1, -0.05) is 12.1 Å². The number of rotatable bonds is 6. The number of nitrogens with zero attached hydrogens (tertiary/aromatic N) is 2. The molecule has 7 nitrogen and oxygen atoms in total. The van der Waals surface area contributed by atoms with Crippen LogP contribution in [0.4, 0.5) is 11.4 Å². The van der Waals surface area contributed by atoms with Gasteiger partial charge in [-0.3, -0.25) is 9.71 Å². The zero-order chi connectivity index (χ0) is 21.3. The summed E-state index contributed by atoms with van der Waals surface area (Å²) in [6.07, 6.45) is 2.86. The van der Waals surface area contributed by atoms with Crippen molar-refractivity contribution in [1.82, 2.24) is 10.3 Å². The molecule has 30 heavy (non-hydrogen) atoms. The van der Waals surface area contributed by atoms with E-state index in [1.807, 2.05) is 40.6 Å². The molecular weight excluding hydrogens is 440 g/mol. The van der Waals surface area contributed by atoms with Crippen LogP contribution >= 0.6 is 23.6 Å². The highest BCUT2D eigenvalue weighted by atomic mass is 32.2. The first kappa shape index (κ1) is 20.6. The van der Waals surface area contributed by atoms with Gasteiger partial charge in [-0.15, -0.1) is 11.3 Å². The molecule has 0 aliphatic carbocycles. The number of hydrogen-bond donors (Lipinski definition) is 2. The summed E-state index contributed by atoms with van der Waals surface area (Å²) in [4.78, 5) is 7.63. The van der Waals surface area contributed by atoms with Crippen LogP contribution in [0, 0.1) is 0 Å². The minimum atomic E-state index is -3.48. The molecular formula is C20H20N4O3S3. The standard InChI is InChI=1S/C20H20N4O3S3/c1-27-16-9-8-13(12-15(16)23-30(2,25)26)24-19(17-7-5-11-29-17)18(22-20(24)28)14-6-3-4-10-21-14/h3-12,18-19,23H,1-2H3,(H,22,28)/t18-,19-/m1/s1. The van der Waals surface area contributed by atoms with Crippen LogP contribution in [0.5, 0.6) is 5.75 Å². The molecule has 2 atom stereocenters. The SMILES string of the molecule is COc1ccc(N2C(=S)N[C@H](c3ccccn3)[C@H]2c2cccs2)cc1NS(C)(=O)=O. The lowest BCUT2D eigenvalue weighted by atomic mass is 10.0. The van der Waals surface area contributed by atoms with Crippen LogP contribution in [0.3, 0.4) is 0 Å². The Labute approximate surface area is 184 Å². The molecule has 2 aromatic heterocycles. The first-order valence-electron chi connectivity index (χ1n) is 9.07. The molecule has 0 saturated carbocycles. The number of anilines is 2. The minimum absolute atomic E-state index is 0.133. The molecule has 0 radical (unpaired) electrons. The molecule has 1 aliphatic heterocycles. The van der Waals surface area contributed by atoms with E-state index in [9.17, 15) is 8.42 Å². The maximum absolute atomic E-state index is 11.8. The molecule has 1 saturated heterocycles. The molecule has 4 rings (SSSR count). The van der Waals surface area contributed by atoms with Crippen molar-refractivity contribution >= 4 is 50.1 Å². The summed E-state index contributed by atoms with van der Waals surface area (Å²) in [6, 6.07) is 14.9. The van der Waals surface area contributed by atoms with Crippen molar-refractivity contribution in [2.24, 2.45) is 0 Å². The fourth-order valence-corrected chi connectivity index (χ4v) is 5.26. The maximum atomic E-state index is 11.8. The van der Waals surface area contributed by atoms with E-state index in [0.717, 1.165) is 22.5 Å². The van der Waals surface area contributed by atoms with Crippen LogP contribution in [-0.4, -0.2) is 31.9 Å². The van der Waals surface area contributed by atoms with Crippen molar-refractivity contribution in [2.75, 3.05) is 23.0 Å². The summed E-state index contributed by atoms with van der Waals surface area (Å²) in [6.45, 7) is 0. The van der Waals surface area contributed by atoms with Crippen molar-refractivity contribution in [3.63, 3.8) is 0 Å². The molecule has 3 heterocycles. The van der Waals surface area contributed by atoms with Gasteiger partial charge in [0.15, 0.2) is 5.11 Å².